The van der Waals surface area contributed by atoms with E-state index in [-0.39, 0.29) is 18.1 Å². The van der Waals surface area contributed by atoms with Crippen molar-refractivity contribution in [2.45, 2.75) is 25.0 Å². The molecule has 5 rings (SSSR count). The summed E-state index contributed by atoms with van der Waals surface area (Å²) < 4.78 is 13.7. The maximum atomic E-state index is 12.9. The molecule has 1 saturated heterocycles. The summed E-state index contributed by atoms with van der Waals surface area (Å²) in [7, 11) is 1.80. The summed E-state index contributed by atoms with van der Waals surface area (Å²) in [6, 6.07) is 12.7. The van der Waals surface area contributed by atoms with Gasteiger partial charge in [-0.3, -0.25) is 9.20 Å². The van der Waals surface area contributed by atoms with Crippen molar-refractivity contribution in [3.63, 3.8) is 0 Å². The van der Waals surface area contributed by atoms with Crippen LogP contribution >= 0.6 is 11.6 Å². The van der Waals surface area contributed by atoms with E-state index in [1.54, 1.807) is 42.4 Å². The van der Waals surface area contributed by atoms with Crippen LogP contribution in [0.4, 0.5) is 0 Å². The minimum atomic E-state index is -0.381. The van der Waals surface area contributed by atoms with Crippen LogP contribution < -0.4 is 0 Å². The first-order chi connectivity index (χ1) is 15.1. The molecule has 1 aliphatic rings. The van der Waals surface area contributed by atoms with E-state index in [4.69, 9.17) is 20.8 Å². The first kappa shape index (κ1) is 19.7. The van der Waals surface area contributed by atoms with Crippen LogP contribution in [0.5, 0.6) is 0 Å². The third-order valence-electron chi connectivity index (χ3n) is 5.55. The van der Waals surface area contributed by atoms with Gasteiger partial charge in [0.05, 0.1) is 6.20 Å². The van der Waals surface area contributed by atoms with E-state index in [1.165, 1.54) is 0 Å². The van der Waals surface area contributed by atoms with Crippen molar-refractivity contribution in [1.82, 2.24) is 24.5 Å². The Morgan fingerprint density at radius 3 is 3.00 bits per heavy atom. The van der Waals surface area contributed by atoms with E-state index in [0.717, 1.165) is 17.8 Å². The van der Waals surface area contributed by atoms with Gasteiger partial charge in [0.2, 0.25) is 5.89 Å². The van der Waals surface area contributed by atoms with Crippen molar-refractivity contribution in [3.8, 4) is 11.6 Å². The summed E-state index contributed by atoms with van der Waals surface area (Å²) in [6.07, 6.45) is 4.51. The van der Waals surface area contributed by atoms with Crippen LogP contribution in [-0.4, -0.2) is 50.1 Å². The lowest BCUT2D eigenvalue weighted by atomic mass is 10.0. The Morgan fingerprint density at radius 1 is 1.23 bits per heavy atom. The number of fused-ring (bicyclic) bond motifs is 1. The number of pyridine rings is 1. The van der Waals surface area contributed by atoms with Gasteiger partial charge in [0, 0.05) is 42.9 Å². The molecule has 0 saturated carbocycles. The Kier molecular flexibility index (Phi) is 5.17. The second-order valence-corrected chi connectivity index (χ2v) is 7.92. The fraction of sp³-hybridized carbons (Fsp3) is 0.273. The minimum absolute atomic E-state index is 0.0172. The first-order valence-electron chi connectivity index (χ1n) is 10.0. The zero-order chi connectivity index (χ0) is 21.4. The van der Waals surface area contributed by atoms with Gasteiger partial charge in [-0.2, -0.15) is 0 Å². The van der Waals surface area contributed by atoms with Crippen molar-refractivity contribution in [2.24, 2.45) is 0 Å². The van der Waals surface area contributed by atoms with Gasteiger partial charge in [0.15, 0.2) is 0 Å². The van der Waals surface area contributed by atoms with E-state index >= 15 is 0 Å². The third-order valence-corrected chi connectivity index (χ3v) is 5.78. The lowest BCUT2D eigenvalue weighted by Gasteiger charge is -2.34. The molecule has 1 aromatic carbocycles. The molecule has 3 aromatic heterocycles. The van der Waals surface area contributed by atoms with Gasteiger partial charge < -0.3 is 14.1 Å². The molecule has 1 aliphatic heterocycles. The number of aromatic nitrogens is 4. The highest BCUT2D eigenvalue weighted by atomic mass is 35.5. The Balaban J connectivity index is 1.33. The number of carbonyl (C=O) groups excluding carboxylic acids is 1. The monoisotopic (exact) mass is 437 g/mol. The van der Waals surface area contributed by atoms with Gasteiger partial charge in [0.1, 0.15) is 17.4 Å². The van der Waals surface area contributed by atoms with Crippen LogP contribution in [0, 0.1) is 0 Å². The zero-order valence-electron chi connectivity index (χ0n) is 16.8. The quantitative estimate of drug-likeness (QED) is 0.479. The molecule has 2 atom stereocenters. The van der Waals surface area contributed by atoms with Crippen LogP contribution in [0.1, 0.15) is 35.2 Å². The minimum Gasteiger partial charge on any atom is -0.416 e. The average Bonchev–Trinajstić information content (AvgIpc) is 3.45. The topological polar surface area (TPSA) is 85.8 Å². The molecule has 0 radical (unpaired) electrons. The smallest absolute Gasteiger partial charge is 0.266 e. The van der Waals surface area contributed by atoms with Crippen LogP contribution in [0.3, 0.4) is 0 Å². The number of benzene rings is 1. The molecule has 4 aromatic rings. The number of nitrogens with zero attached hydrogens (tertiary/aromatic N) is 5. The molecule has 4 heterocycles. The lowest BCUT2D eigenvalue weighted by molar-refractivity contribution is -0.0322. The SMILES string of the molecule is CN(C(=O)c1cccc(Cl)c1)[C@@H]1CCO[C@H](c2nnc(-c3cnc4ccccn34)o2)C1. The molecule has 1 amide bonds. The third kappa shape index (κ3) is 3.80. The molecule has 0 bridgehead atoms. The highest BCUT2D eigenvalue weighted by Gasteiger charge is 2.32. The number of imidazole rings is 1. The number of carbonyl (C=O) groups is 1. The fourth-order valence-electron chi connectivity index (χ4n) is 3.85. The van der Waals surface area contributed by atoms with E-state index in [1.807, 2.05) is 28.8 Å². The van der Waals surface area contributed by atoms with Crippen molar-refractivity contribution in [2.75, 3.05) is 13.7 Å². The molecule has 158 valence electrons. The molecule has 0 spiro atoms. The predicted octanol–water partition coefficient (Wildman–Crippen LogP) is 4.03. The number of halogens is 1. The maximum absolute atomic E-state index is 12.9. The van der Waals surface area contributed by atoms with Crippen LogP contribution in [0.25, 0.3) is 17.2 Å². The fourth-order valence-corrected chi connectivity index (χ4v) is 4.04. The van der Waals surface area contributed by atoms with Gasteiger partial charge in [-0.15, -0.1) is 10.2 Å². The molecule has 0 aliphatic carbocycles. The van der Waals surface area contributed by atoms with Gasteiger partial charge in [-0.25, -0.2) is 4.98 Å². The summed E-state index contributed by atoms with van der Waals surface area (Å²) in [5, 5.41) is 8.94. The summed E-state index contributed by atoms with van der Waals surface area (Å²) in [6.45, 7) is 0.496. The van der Waals surface area contributed by atoms with Crippen LogP contribution in [0.15, 0.2) is 59.3 Å². The number of hydrogen-bond acceptors (Lipinski definition) is 6. The van der Waals surface area contributed by atoms with E-state index in [9.17, 15) is 4.79 Å². The van der Waals surface area contributed by atoms with Gasteiger partial charge >= 0.3 is 0 Å². The van der Waals surface area contributed by atoms with Crippen molar-refractivity contribution in [3.05, 3.63) is 71.3 Å². The molecule has 0 unspecified atom stereocenters. The average molecular weight is 438 g/mol. The summed E-state index contributed by atoms with van der Waals surface area (Å²) >= 11 is 6.04. The summed E-state index contributed by atoms with van der Waals surface area (Å²) in [5.74, 6) is 0.696. The summed E-state index contributed by atoms with van der Waals surface area (Å²) in [5.41, 5.74) is 2.08. The Bertz CT molecular complexity index is 1240. The Labute approximate surface area is 183 Å². The maximum Gasteiger partial charge on any atom is 0.266 e. The molecule has 9 heteroatoms. The normalized spacial score (nSPS) is 18.9. The van der Waals surface area contributed by atoms with Crippen molar-refractivity contribution in [1.29, 1.82) is 0 Å². The van der Waals surface area contributed by atoms with Crippen molar-refractivity contribution >= 4 is 23.2 Å². The van der Waals surface area contributed by atoms with E-state index in [0.29, 0.717) is 35.4 Å². The molecular formula is C22H20ClN5O3. The molecule has 8 nitrogen and oxygen atoms in total. The molecular weight excluding hydrogens is 418 g/mol. The van der Waals surface area contributed by atoms with E-state index in [2.05, 4.69) is 15.2 Å². The number of ether oxygens (including phenoxy) is 1. The zero-order valence-corrected chi connectivity index (χ0v) is 17.6. The molecule has 1 fully saturated rings. The van der Waals surface area contributed by atoms with Crippen LogP contribution in [-0.2, 0) is 4.74 Å². The standard InChI is InChI=1S/C22H20ClN5O3/c1-27(22(29)14-5-4-6-15(23)11-14)16-8-10-30-18(12-16)21-26-25-20(31-21)17-13-24-19-7-2-3-9-28(17)19/h2-7,9,11,13,16,18H,8,10,12H2,1H3/t16-,18+/m1/s1. The highest BCUT2D eigenvalue weighted by molar-refractivity contribution is 6.30. The van der Waals surface area contributed by atoms with Crippen LogP contribution in [0.2, 0.25) is 5.02 Å². The van der Waals surface area contributed by atoms with Gasteiger partial charge in [-0.1, -0.05) is 23.7 Å². The lowest BCUT2D eigenvalue weighted by Crippen LogP contribution is -2.41. The Hall–Kier alpha value is -3.23. The van der Waals surface area contributed by atoms with Crippen molar-refractivity contribution < 1.29 is 13.9 Å². The number of rotatable bonds is 4. The number of amides is 1. The molecule has 31 heavy (non-hydrogen) atoms. The highest BCUT2D eigenvalue weighted by Crippen LogP contribution is 2.32. The van der Waals surface area contributed by atoms with Gasteiger partial charge in [-0.05, 0) is 36.8 Å². The van der Waals surface area contributed by atoms with Gasteiger partial charge in [0.25, 0.3) is 11.8 Å². The largest absolute Gasteiger partial charge is 0.416 e. The number of hydrogen-bond donors (Lipinski definition) is 0. The summed E-state index contributed by atoms with van der Waals surface area (Å²) in [4.78, 5) is 19.0. The Morgan fingerprint density at radius 2 is 2.13 bits per heavy atom. The second kappa shape index (κ2) is 8.13. The predicted molar refractivity (Wildman–Crippen MR) is 114 cm³/mol. The second-order valence-electron chi connectivity index (χ2n) is 7.48. The molecule has 0 N–H and O–H groups in total. The van der Waals surface area contributed by atoms with E-state index < -0.39 is 0 Å². The first-order valence-corrected chi connectivity index (χ1v) is 10.4.